The van der Waals surface area contributed by atoms with E-state index in [1.165, 1.54) is 0 Å². The molecule has 1 amide bonds. The number of aryl methyl sites for hydroxylation is 1. The van der Waals surface area contributed by atoms with Crippen LogP contribution < -0.4 is 15.5 Å². The first-order valence-electron chi connectivity index (χ1n) is 11.1. The van der Waals surface area contributed by atoms with Gasteiger partial charge in [0.2, 0.25) is 0 Å². The lowest BCUT2D eigenvalue weighted by Gasteiger charge is -2.28. The summed E-state index contributed by atoms with van der Waals surface area (Å²) in [4.78, 5) is 24.2. The molecule has 3 aromatic heterocycles. The van der Waals surface area contributed by atoms with Crippen LogP contribution in [0.4, 0.5) is 17.2 Å². The second-order valence-electron chi connectivity index (χ2n) is 8.40. The third-order valence-corrected chi connectivity index (χ3v) is 6.30. The Hall–Kier alpha value is -3.91. The molecular weight excluding hydrogens is 416 g/mol. The highest BCUT2D eigenvalue weighted by molar-refractivity contribution is 6.06. The molecule has 0 radical (unpaired) electrons. The highest BCUT2D eigenvalue weighted by Crippen LogP contribution is 2.35. The van der Waals surface area contributed by atoms with E-state index in [0.717, 1.165) is 65.7 Å². The van der Waals surface area contributed by atoms with Crippen molar-refractivity contribution in [2.75, 3.05) is 36.5 Å². The molecule has 4 aromatic rings. The smallest absolute Gasteiger partial charge is 0.254 e. The second-order valence-corrected chi connectivity index (χ2v) is 8.40. The number of rotatable bonds is 4. The minimum atomic E-state index is -0.0797. The number of amides is 1. The largest absolute Gasteiger partial charge is 0.378 e. The lowest BCUT2D eigenvalue weighted by molar-refractivity contribution is 0.0966. The number of fused-ring (bicyclic) bond motifs is 2. The normalized spacial score (nSPS) is 15.5. The maximum absolute atomic E-state index is 12.8. The molecule has 0 saturated carbocycles. The fourth-order valence-electron chi connectivity index (χ4n) is 4.58. The van der Waals surface area contributed by atoms with Crippen LogP contribution in [0.25, 0.3) is 16.9 Å². The standard InChI is InChI=1S/C25H24N6O2/c1-16-6-7-31-21(15-27-23(31)12-16)18-3-4-20(24-19(18)14-28-25(24)32)29-22-5-2-17(13-26-22)30-8-10-33-11-9-30/h2-7,12-13,15H,8-11,14H2,1H3,(H,26,29)(H,28,32). The van der Waals surface area contributed by atoms with Gasteiger partial charge in [0.15, 0.2) is 0 Å². The zero-order chi connectivity index (χ0) is 22.4. The zero-order valence-electron chi connectivity index (χ0n) is 18.3. The molecule has 1 fully saturated rings. The van der Waals surface area contributed by atoms with E-state index < -0.39 is 0 Å². The predicted octanol–water partition coefficient (Wildman–Crippen LogP) is 3.53. The summed E-state index contributed by atoms with van der Waals surface area (Å²) in [5.41, 5.74) is 7.48. The predicted molar refractivity (Wildman–Crippen MR) is 127 cm³/mol. The minimum absolute atomic E-state index is 0.0797. The Kier molecular flexibility index (Phi) is 4.73. The Morgan fingerprint density at radius 1 is 1.06 bits per heavy atom. The van der Waals surface area contributed by atoms with Crippen molar-refractivity contribution >= 4 is 28.7 Å². The minimum Gasteiger partial charge on any atom is -0.378 e. The van der Waals surface area contributed by atoms with E-state index in [1.54, 1.807) is 0 Å². The molecule has 0 atom stereocenters. The van der Waals surface area contributed by atoms with Gasteiger partial charge in [0.05, 0.1) is 48.2 Å². The molecule has 166 valence electrons. The quantitative estimate of drug-likeness (QED) is 0.505. The van der Waals surface area contributed by atoms with Crippen LogP contribution in [-0.4, -0.2) is 46.6 Å². The Morgan fingerprint density at radius 2 is 1.94 bits per heavy atom. The van der Waals surface area contributed by atoms with Crippen molar-refractivity contribution in [1.29, 1.82) is 0 Å². The van der Waals surface area contributed by atoms with E-state index in [1.807, 2.05) is 36.8 Å². The average Bonchev–Trinajstić information content (AvgIpc) is 3.44. The molecule has 2 aliphatic rings. The number of nitrogens with one attached hydrogen (secondary N) is 2. The van der Waals surface area contributed by atoms with Crippen LogP contribution in [0.5, 0.6) is 0 Å². The van der Waals surface area contributed by atoms with Crippen LogP contribution in [0.3, 0.4) is 0 Å². The topological polar surface area (TPSA) is 83.8 Å². The SMILES string of the molecule is Cc1ccn2c(-c3ccc(Nc4ccc(N5CCOCC5)cn4)c4c3CNC4=O)cnc2c1. The van der Waals surface area contributed by atoms with Gasteiger partial charge in [-0.05, 0) is 48.4 Å². The molecule has 2 N–H and O–H groups in total. The van der Waals surface area contributed by atoms with Crippen LogP contribution in [0.2, 0.25) is 0 Å². The number of carbonyl (C=O) groups excluding carboxylic acids is 1. The number of imidazole rings is 1. The molecule has 33 heavy (non-hydrogen) atoms. The molecule has 0 unspecified atom stereocenters. The molecule has 8 nitrogen and oxygen atoms in total. The number of benzene rings is 1. The highest BCUT2D eigenvalue weighted by atomic mass is 16.5. The van der Waals surface area contributed by atoms with Crippen molar-refractivity contribution in [3.63, 3.8) is 0 Å². The summed E-state index contributed by atoms with van der Waals surface area (Å²) in [7, 11) is 0. The maximum Gasteiger partial charge on any atom is 0.254 e. The van der Waals surface area contributed by atoms with Gasteiger partial charge in [0.25, 0.3) is 5.91 Å². The maximum atomic E-state index is 12.8. The molecule has 1 saturated heterocycles. The lowest BCUT2D eigenvalue weighted by atomic mass is 9.99. The van der Waals surface area contributed by atoms with Gasteiger partial charge < -0.3 is 20.3 Å². The molecule has 0 bridgehead atoms. The Bertz CT molecular complexity index is 1360. The van der Waals surface area contributed by atoms with Gasteiger partial charge in [0.1, 0.15) is 11.5 Å². The summed E-state index contributed by atoms with van der Waals surface area (Å²) < 4.78 is 7.48. The number of carbonyl (C=O) groups is 1. The van der Waals surface area contributed by atoms with Crippen molar-refractivity contribution in [2.45, 2.75) is 13.5 Å². The van der Waals surface area contributed by atoms with Crippen molar-refractivity contribution in [3.05, 3.63) is 71.7 Å². The molecular formula is C25H24N6O2. The van der Waals surface area contributed by atoms with Crippen molar-refractivity contribution < 1.29 is 9.53 Å². The second kappa shape index (κ2) is 7.90. The Morgan fingerprint density at radius 3 is 2.76 bits per heavy atom. The first-order chi connectivity index (χ1) is 16.2. The van der Waals surface area contributed by atoms with Crippen LogP contribution in [0, 0.1) is 6.92 Å². The van der Waals surface area contributed by atoms with E-state index in [0.29, 0.717) is 17.9 Å². The summed E-state index contributed by atoms with van der Waals surface area (Å²) in [5.74, 6) is 0.621. The van der Waals surface area contributed by atoms with Crippen LogP contribution in [0.15, 0.2) is 55.0 Å². The average molecular weight is 441 g/mol. The summed E-state index contributed by atoms with van der Waals surface area (Å²) in [5, 5.41) is 6.32. The fraction of sp³-hybridized carbons (Fsp3) is 0.240. The molecule has 1 aromatic carbocycles. The summed E-state index contributed by atoms with van der Waals surface area (Å²) >= 11 is 0. The summed E-state index contributed by atoms with van der Waals surface area (Å²) in [6.07, 6.45) is 5.75. The first-order valence-corrected chi connectivity index (χ1v) is 11.1. The van der Waals surface area contributed by atoms with E-state index in [2.05, 4.69) is 55.0 Å². The zero-order valence-corrected chi connectivity index (χ0v) is 18.3. The molecule has 2 aliphatic heterocycles. The van der Waals surface area contributed by atoms with Crippen LogP contribution in [-0.2, 0) is 11.3 Å². The fourth-order valence-corrected chi connectivity index (χ4v) is 4.58. The number of ether oxygens (including phenoxy) is 1. The number of anilines is 3. The van der Waals surface area contributed by atoms with Gasteiger partial charge >= 0.3 is 0 Å². The first kappa shape index (κ1) is 19.8. The molecule has 8 heteroatoms. The van der Waals surface area contributed by atoms with Gasteiger partial charge in [-0.15, -0.1) is 0 Å². The lowest BCUT2D eigenvalue weighted by Crippen LogP contribution is -2.36. The molecule has 5 heterocycles. The van der Waals surface area contributed by atoms with E-state index in [-0.39, 0.29) is 5.91 Å². The van der Waals surface area contributed by atoms with E-state index in [4.69, 9.17) is 4.74 Å². The molecule has 0 spiro atoms. The number of aromatic nitrogens is 3. The van der Waals surface area contributed by atoms with Gasteiger partial charge in [-0.25, -0.2) is 9.97 Å². The molecule has 6 rings (SSSR count). The third kappa shape index (κ3) is 3.48. The third-order valence-electron chi connectivity index (χ3n) is 6.30. The Labute approximate surface area is 191 Å². The van der Waals surface area contributed by atoms with Crippen molar-refractivity contribution in [3.8, 4) is 11.3 Å². The number of hydrogen-bond acceptors (Lipinski definition) is 6. The van der Waals surface area contributed by atoms with Crippen molar-refractivity contribution in [1.82, 2.24) is 19.7 Å². The van der Waals surface area contributed by atoms with E-state index >= 15 is 0 Å². The summed E-state index contributed by atoms with van der Waals surface area (Å²) in [6.45, 7) is 5.75. The van der Waals surface area contributed by atoms with Gasteiger partial charge in [-0.2, -0.15) is 0 Å². The van der Waals surface area contributed by atoms with Gasteiger partial charge in [-0.1, -0.05) is 6.07 Å². The van der Waals surface area contributed by atoms with Crippen molar-refractivity contribution in [2.24, 2.45) is 0 Å². The van der Waals surface area contributed by atoms with Gasteiger partial charge in [0, 0.05) is 31.4 Å². The Balaban J connectivity index is 1.33. The van der Waals surface area contributed by atoms with E-state index in [9.17, 15) is 4.79 Å². The number of nitrogens with zero attached hydrogens (tertiary/aromatic N) is 4. The monoisotopic (exact) mass is 440 g/mol. The molecule has 0 aliphatic carbocycles. The highest BCUT2D eigenvalue weighted by Gasteiger charge is 2.27. The summed E-state index contributed by atoms with van der Waals surface area (Å²) in [6, 6.07) is 12.1. The number of pyridine rings is 2. The van der Waals surface area contributed by atoms with Crippen LogP contribution in [0.1, 0.15) is 21.5 Å². The number of hydrogen-bond donors (Lipinski definition) is 2. The van der Waals surface area contributed by atoms with Crippen LogP contribution >= 0.6 is 0 Å². The number of morpholine rings is 1. The van der Waals surface area contributed by atoms with Gasteiger partial charge in [-0.3, -0.25) is 9.20 Å².